The summed E-state index contributed by atoms with van der Waals surface area (Å²) in [4.78, 5) is 28.4. The summed E-state index contributed by atoms with van der Waals surface area (Å²) in [6.45, 7) is 18.3. The molecule has 0 amide bonds. The van der Waals surface area contributed by atoms with Crippen molar-refractivity contribution in [1.29, 1.82) is 0 Å². The van der Waals surface area contributed by atoms with Crippen LogP contribution in [0.25, 0.3) is 0 Å². The zero-order valence-electron chi connectivity index (χ0n) is 26.6. The van der Waals surface area contributed by atoms with Crippen LogP contribution in [0, 0.1) is 33.5 Å². The predicted molar refractivity (Wildman–Crippen MR) is 160 cm³/mol. The number of benzene rings is 1. The summed E-state index contributed by atoms with van der Waals surface area (Å²) in [5.41, 5.74) is -0.645. The van der Waals surface area contributed by atoms with Gasteiger partial charge in [-0.3, -0.25) is 0 Å². The van der Waals surface area contributed by atoms with Crippen molar-refractivity contribution < 1.29 is 19.1 Å². The molecule has 4 saturated carbocycles. The van der Waals surface area contributed by atoms with Crippen LogP contribution < -0.4 is 0 Å². The van der Waals surface area contributed by atoms with Crippen LogP contribution >= 0.6 is 0 Å². The second-order valence-electron chi connectivity index (χ2n) is 15.6. The van der Waals surface area contributed by atoms with Gasteiger partial charge in [0.05, 0.1) is 11.1 Å². The number of carbonyl (C=O) groups excluding carboxylic acids is 2. The number of hydrogen-bond donors (Lipinski definition) is 0. The molecule has 0 N–H and O–H groups in total. The molecule has 0 spiro atoms. The van der Waals surface area contributed by atoms with E-state index in [-0.39, 0.29) is 33.6 Å². The first-order valence-corrected chi connectivity index (χ1v) is 16.3. The summed E-state index contributed by atoms with van der Waals surface area (Å²) < 4.78 is 13.5. The molecule has 0 radical (unpaired) electrons. The van der Waals surface area contributed by atoms with Crippen LogP contribution in [-0.2, 0) is 9.47 Å². The van der Waals surface area contributed by atoms with E-state index in [4.69, 9.17) is 9.47 Å². The Balaban J connectivity index is 1.48. The third kappa shape index (κ3) is 3.89. The molecule has 6 atom stereocenters. The lowest BCUT2D eigenvalue weighted by Crippen LogP contribution is -2.57. The Labute approximate surface area is 243 Å². The number of hydrogen-bond acceptors (Lipinski definition) is 4. The molecule has 0 aliphatic heterocycles. The van der Waals surface area contributed by atoms with Gasteiger partial charge >= 0.3 is 11.9 Å². The van der Waals surface area contributed by atoms with Crippen LogP contribution in [0.1, 0.15) is 153 Å². The molecule has 5 rings (SSSR count). The Kier molecular flexibility index (Phi) is 7.32. The van der Waals surface area contributed by atoms with Crippen molar-refractivity contribution >= 4 is 11.9 Å². The van der Waals surface area contributed by atoms with Gasteiger partial charge in [0.15, 0.2) is 0 Å². The predicted octanol–water partition coefficient (Wildman–Crippen LogP) is 9.55. The van der Waals surface area contributed by atoms with Gasteiger partial charge in [0.1, 0.15) is 11.2 Å². The van der Waals surface area contributed by atoms with Crippen LogP contribution in [0.5, 0.6) is 0 Å². The van der Waals surface area contributed by atoms with E-state index in [1.807, 2.05) is 12.1 Å². The third-order valence-electron chi connectivity index (χ3n) is 13.2. The second kappa shape index (κ2) is 9.87. The minimum Gasteiger partial charge on any atom is -0.454 e. The van der Waals surface area contributed by atoms with Crippen molar-refractivity contribution in [1.82, 2.24) is 0 Å². The molecule has 1 aromatic carbocycles. The number of esters is 2. The van der Waals surface area contributed by atoms with Gasteiger partial charge in [0, 0.05) is 21.7 Å². The Hall–Kier alpha value is -1.84. The topological polar surface area (TPSA) is 52.6 Å². The maximum Gasteiger partial charge on any atom is 0.339 e. The van der Waals surface area contributed by atoms with Crippen LogP contribution in [0.2, 0.25) is 0 Å². The monoisotopic (exact) mass is 550 g/mol. The normalized spacial score (nSPS) is 38.5. The van der Waals surface area contributed by atoms with Gasteiger partial charge in [-0.1, -0.05) is 80.4 Å². The Morgan fingerprint density at radius 2 is 1.07 bits per heavy atom. The van der Waals surface area contributed by atoms with E-state index in [1.165, 1.54) is 12.8 Å². The number of ether oxygens (including phenoxy) is 2. The lowest BCUT2D eigenvalue weighted by Gasteiger charge is -2.54. The number of fused-ring (bicyclic) bond motifs is 4. The number of unbranched alkanes of at least 4 members (excludes halogenated alkanes) is 2. The van der Waals surface area contributed by atoms with Crippen molar-refractivity contribution in [3.8, 4) is 0 Å². The van der Waals surface area contributed by atoms with E-state index in [0.29, 0.717) is 23.0 Å². The molecule has 4 heteroatoms. The summed E-state index contributed by atoms with van der Waals surface area (Å²) in [5.74, 6) is 0.376. The molecule has 6 unspecified atom stereocenters. The van der Waals surface area contributed by atoms with Crippen LogP contribution in [0.4, 0.5) is 0 Å². The lowest BCUT2D eigenvalue weighted by atomic mass is 9.58. The van der Waals surface area contributed by atoms with Crippen LogP contribution in [-0.4, -0.2) is 23.1 Å². The molecule has 4 bridgehead atoms. The van der Waals surface area contributed by atoms with Crippen LogP contribution in [0.15, 0.2) is 24.3 Å². The molecule has 1 aromatic rings. The highest BCUT2D eigenvalue weighted by atomic mass is 16.6. The summed E-state index contributed by atoms with van der Waals surface area (Å²) in [6, 6.07) is 7.22. The Morgan fingerprint density at radius 1 is 0.700 bits per heavy atom. The van der Waals surface area contributed by atoms with E-state index < -0.39 is 11.2 Å². The Bertz CT molecular complexity index is 1050. The highest BCUT2D eigenvalue weighted by molar-refractivity contribution is 6.03. The van der Waals surface area contributed by atoms with Crippen molar-refractivity contribution in [2.75, 3.05) is 0 Å². The van der Waals surface area contributed by atoms with Gasteiger partial charge < -0.3 is 9.47 Å². The fraction of sp³-hybridized carbons (Fsp3) is 0.778. The molecule has 40 heavy (non-hydrogen) atoms. The molecule has 4 aliphatic rings. The van der Waals surface area contributed by atoms with E-state index in [1.54, 1.807) is 12.1 Å². The van der Waals surface area contributed by atoms with E-state index in [0.717, 1.165) is 64.2 Å². The molecule has 222 valence electrons. The maximum atomic E-state index is 14.2. The van der Waals surface area contributed by atoms with Gasteiger partial charge in [0.2, 0.25) is 0 Å². The van der Waals surface area contributed by atoms with Crippen molar-refractivity contribution in [2.45, 2.75) is 144 Å². The molecule has 4 fully saturated rings. The average Bonchev–Trinajstić information content (AvgIpc) is 3.59. The van der Waals surface area contributed by atoms with E-state index in [2.05, 4.69) is 55.4 Å². The quantitative estimate of drug-likeness (QED) is 0.272. The first-order valence-electron chi connectivity index (χ1n) is 16.3. The highest BCUT2D eigenvalue weighted by Crippen LogP contribution is 2.72. The zero-order valence-corrected chi connectivity index (χ0v) is 26.6. The smallest absolute Gasteiger partial charge is 0.339 e. The maximum absolute atomic E-state index is 14.2. The largest absolute Gasteiger partial charge is 0.454 e. The molecule has 4 aliphatic carbocycles. The zero-order chi connectivity index (χ0) is 29.2. The van der Waals surface area contributed by atoms with E-state index >= 15 is 0 Å². The van der Waals surface area contributed by atoms with Gasteiger partial charge in [-0.15, -0.1) is 0 Å². The SMILES string of the molecule is CCCCC1(OC(=O)c2ccccc2C(=O)OC2(CCCC)C3(C)CCC(C3)C2(C)C)C2(C)CCC(C2)C1(C)C. The minimum absolute atomic E-state index is 0.0344. The molecule has 0 heterocycles. The molecular weight excluding hydrogens is 496 g/mol. The van der Waals surface area contributed by atoms with Gasteiger partial charge in [-0.2, -0.15) is 0 Å². The van der Waals surface area contributed by atoms with Crippen LogP contribution in [0.3, 0.4) is 0 Å². The van der Waals surface area contributed by atoms with E-state index in [9.17, 15) is 9.59 Å². The van der Waals surface area contributed by atoms with Crippen molar-refractivity contribution in [3.05, 3.63) is 35.4 Å². The number of carbonyl (C=O) groups is 2. The van der Waals surface area contributed by atoms with Crippen molar-refractivity contribution in [3.63, 3.8) is 0 Å². The second-order valence-corrected chi connectivity index (χ2v) is 15.6. The van der Waals surface area contributed by atoms with Crippen molar-refractivity contribution in [2.24, 2.45) is 33.5 Å². The summed E-state index contributed by atoms with van der Waals surface area (Å²) in [6.07, 6.45) is 12.7. The lowest BCUT2D eigenvalue weighted by molar-refractivity contribution is -0.156. The Morgan fingerprint density at radius 3 is 1.38 bits per heavy atom. The molecular formula is C36H54O4. The van der Waals surface area contributed by atoms with Gasteiger partial charge in [0.25, 0.3) is 0 Å². The third-order valence-corrected chi connectivity index (χ3v) is 13.2. The fourth-order valence-corrected chi connectivity index (χ4v) is 10.6. The summed E-state index contributed by atoms with van der Waals surface area (Å²) in [7, 11) is 0. The summed E-state index contributed by atoms with van der Waals surface area (Å²) in [5, 5.41) is 0. The number of rotatable bonds is 10. The van der Waals surface area contributed by atoms with Gasteiger partial charge in [-0.25, -0.2) is 9.59 Å². The highest BCUT2D eigenvalue weighted by Gasteiger charge is 2.72. The molecule has 4 nitrogen and oxygen atoms in total. The first-order chi connectivity index (χ1) is 18.7. The van der Waals surface area contributed by atoms with Gasteiger partial charge in [-0.05, 0) is 88.2 Å². The average molecular weight is 551 g/mol. The molecule has 0 aromatic heterocycles. The molecule has 0 saturated heterocycles. The fourth-order valence-electron chi connectivity index (χ4n) is 10.6. The minimum atomic E-state index is -0.532. The summed E-state index contributed by atoms with van der Waals surface area (Å²) >= 11 is 0. The first kappa shape index (κ1) is 29.6. The standard InChI is InChI=1S/C36H54O4/c1-9-11-19-35(31(3,4)25-17-21-33(35,7)23-25)39-29(37)27-15-13-14-16-28(27)30(38)40-36(20-12-10-2)32(5,6)26-18-22-34(36,8)24-26/h13-16,25-26H,9-12,17-24H2,1-8H3.